The number of ether oxygens (including phenoxy) is 9. The average molecular weight is 843 g/mol. The molecular weight excluding hydrogens is 792 g/mol. The van der Waals surface area contributed by atoms with Crippen molar-refractivity contribution in [2.45, 2.75) is 154 Å². The highest BCUT2D eigenvalue weighted by Crippen LogP contribution is 2.34. The molecule has 5 fully saturated rings. The van der Waals surface area contributed by atoms with Crippen LogP contribution in [0.3, 0.4) is 0 Å². The van der Waals surface area contributed by atoms with Gasteiger partial charge in [0.2, 0.25) is 0 Å². The second kappa shape index (κ2) is 19.5. The first-order valence-corrected chi connectivity index (χ1v) is 17.6. The molecule has 0 aromatic rings. The quantitative estimate of drug-likeness (QED) is 0.0818. The third kappa shape index (κ3) is 9.53. The Morgan fingerprint density at radius 3 is 1.26 bits per heavy atom. The van der Waals surface area contributed by atoms with E-state index >= 15 is 0 Å². The van der Waals surface area contributed by atoms with Gasteiger partial charge in [0.15, 0.2) is 37.6 Å². The van der Waals surface area contributed by atoms with E-state index < -0.39 is 186 Å². The van der Waals surface area contributed by atoms with Crippen molar-refractivity contribution in [3.8, 4) is 0 Å². The molecule has 0 amide bonds. The van der Waals surface area contributed by atoms with Gasteiger partial charge in [0.05, 0.1) is 26.4 Å². The Balaban J connectivity index is 1.26. The molecule has 25 atom stereocenters. The lowest BCUT2D eigenvalue weighted by Gasteiger charge is -2.48. The summed E-state index contributed by atoms with van der Waals surface area (Å²) in [5, 5.41) is 175. The van der Waals surface area contributed by atoms with Crippen LogP contribution in [0, 0.1) is 0 Å². The topological polar surface area (TPSA) is 444 Å². The molecule has 5 aliphatic rings. The third-order valence-electron chi connectivity index (χ3n) is 10.3. The molecule has 27 nitrogen and oxygen atoms in total. The molecule has 0 bridgehead atoms. The number of aliphatic hydroxyl groups is 16. The van der Waals surface area contributed by atoms with Crippen LogP contribution in [0.5, 0.6) is 0 Å². The molecule has 17 N–H and O–H groups in total. The molecule has 0 spiro atoms. The fraction of sp³-hybridized carbons (Fsp3) is 0.967. The van der Waals surface area contributed by atoms with E-state index in [0.717, 1.165) is 0 Å². The van der Waals surface area contributed by atoms with Crippen molar-refractivity contribution in [1.29, 1.82) is 0 Å². The number of aliphatic hydroxyl groups excluding tert-OH is 16. The maximum absolute atomic E-state index is 12.3. The predicted octanol–water partition coefficient (Wildman–Crippen LogP) is -11.8. The summed E-state index contributed by atoms with van der Waals surface area (Å²) >= 11 is 0. The largest absolute Gasteiger partial charge is 0.479 e. The normalized spacial score (nSPS) is 52.4. The first-order chi connectivity index (χ1) is 26.9. The predicted molar refractivity (Wildman–Crippen MR) is 167 cm³/mol. The van der Waals surface area contributed by atoms with Crippen molar-refractivity contribution in [1.82, 2.24) is 0 Å². The van der Waals surface area contributed by atoms with E-state index in [4.69, 9.17) is 42.6 Å². The maximum atomic E-state index is 12.3. The van der Waals surface area contributed by atoms with E-state index in [-0.39, 0.29) is 0 Å². The zero-order valence-electron chi connectivity index (χ0n) is 29.4. The van der Waals surface area contributed by atoms with Gasteiger partial charge in [-0.15, -0.1) is 0 Å². The molecule has 0 radical (unpaired) electrons. The molecule has 0 aromatic heterocycles. The van der Waals surface area contributed by atoms with Crippen LogP contribution >= 0.6 is 0 Å². The van der Waals surface area contributed by atoms with Gasteiger partial charge < -0.3 is 129 Å². The minimum absolute atomic E-state index is 0.830. The van der Waals surface area contributed by atoms with Crippen molar-refractivity contribution in [3.63, 3.8) is 0 Å². The number of hydrogen-bond donors (Lipinski definition) is 17. The molecule has 0 aromatic carbocycles. The third-order valence-corrected chi connectivity index (χ3v) is 10.3. The van der Waals surface area contributed by atoms with Crippen molar-refractivity contribution < 1.29 is 134 Å². The fourth-order valence-electron chi connectivity index (χ4n) is 6.85. The van der Waals surface area contributed by atoms with E-state index in [1.807, 2.05) is 0 Å². The van der Waals surface area contributed by atoms with Gasteiger partial charge >= 0.3 is 5.97 Å². The van der Waals surface area contributed by atoms with Gasteiger partial charge in [-0.25, -0.2) is 4.79 Å². The van der Waals surface area contributed by atoms with E-state index in [2.05, 4.69) is 0 Å². The molecule has 5 rings (SSSR count). The van der Waals surface area contributed by atoms with Crippen molar-refractivity contribution in [2.24, 2.45) is 0 Å². The zero-order valence-corrected chi connectivity index (χ0v) is 29.4. The summed E-state index contributed by atoms with van der Waals surface area (Å²) in [7, 11) is 0. The van der Waals surface area contributed by atoms with Gasteiger partial charge in [-0.3, -0.25) is 0 Å². The van der Waals surface area contributed by atoms with E-state index in [0.29, 0.717) is 0 Å². The lowest BCUT2D eigenvalue weighted by atomic mass is 9.96. The van der Waals surface area contributed by atoms with Crippen LogP contribution in [0.15, 0.2) is 0 Å². The molecule has 0 aliphatic carbocycles. The number of rotatable bonds is 13. The maximum Gasteiger partial charge on any atom is 0.335 e. The summed E-state index contributed by atoms with van der Waals surface area (Å²) in [5.41, 5.74) is 0. The van der Waals surface area contributed by atoms with Gasteiger partial charge in [0, 0.05) is 0 Å². The number of carboxylic acid groups (broad SMARTS) is 1. The summed E-state index contributed by atoms with van der Waals surface area (Å²) in [4.78, 5) is 12.3. The standard InChI is InChI=1S/C30H50O27/c31-1-5-9(34)13(38)18(43)27(51-5)54-21-17(42)20(45)29(57-24(21)25(46)47)56-23-16(41)11(36)7(3-33)53-30(23)49-4-8-12(37)15(40)22(26(48)50-8)55-28-19(44)14(39)10(35)6(2-32)52-28/h5-24,26-45,48H,1-4H2,(H,46,47)/t5-,6-,7-,8-,9-,10-,11+,12-,13+,14+,15+,16+,17-,18+,19+,20-,21+,22+,23-,24+,26-,27+,28-,29+,30-/m1/s1. The van der Waals surface area contributed by atoms with Crippen molar-refractivity contribution in [2.75, 3.05) is 26.4 Å². The fourth-order valence-corrected chi connectivity index (χ4v) is 6.85. The molecule has 27 heteroatoms. The van der Waals surface area contributed by atoms with Crippen LogP contribution < -0.4 is 0 Å². The minimum Gasteiger partial charge on any atom is -0.479 e. The Hall–Kier alpha value is -1.53. The van der Waals surface area contributed by atoms with Crippen LogP contribution in [-0.2, 0) is 47.4 Å². The van der Waals surface area contributed by atoms with Crippen LogP contribution in [0.2, 0.25) is 0 Å². The monoisotopic (exact) mass is 842 g/mol. The highest BCUT2D eigenvalue weighted by atomic mass is 16.8. The van der Waals surface area contributed by atoms with Crippen molar-refractivity contribution in [3.05, 3.63) is 0 Å². The number of hydrogen-bond acceptors (Lipinski definition) is 26. The lowest BCUT2D eigenvalue weighted by Crippen LogP contribution is -2.67. The number of carbonyl (C=O) groups is 1. The van der Waals surface area contributed by atoms with Crippen LogP contribution in [-0.4, -0.2) is 273 Å². The Morgan fingerprint density at radius 2 is 0.772 bits per heavy atom. The Bertz CT molecular complexity index is 1280. The van der Waals surface area contributed by atoms with Crippen LogP contribution in [0.4, 0.5) is 0 Å². The number of aliphatic carboxylic acids is 1. The van der Waals surface area contributed by atoms with E-state index in [9.17, 15) is 91.6 Å². The second-order valence-electron chi connectivity index (χ2n) is 14.0. The molecule has 5 saturated heterocycles. The average Bonchev–Trinajstić information content (AvgIpc) is 3.18. The second-order valence-corrected chi connectivity index (χ2v) is 14.0. The zero-order chi connectivity index (χ0) is 42.2. The number of carboxylic acids is 1. The van der Waals surface area contributed by atoms with Gasteiger partial charge in [-0.2, -0.15) is 0 Å². The Labute approximate surface area is 320 Å². The van der Waals surface area contributed by atoms with Crippen LogP contribution in [0.1, 0.15) is 0 Å². The Kier molecular flexibility index (Phi) is 15.9. The summed E-state index contributed by atoms with van der Waals surface area (Å²) < 4.78 is 48.3. The van der Waals surface area contributed by atoms with Gasteiger partial charge in [-0.1, -0.05) is 0 Å². The molecule has 0 saturated carbocycles. The molecule has 332 valence electrons. The smallest absolute Gasteiger partial charge is 0.335 e. The highest BCUT2D eigenvalue weighted by Gasteiger charge is 2.56. The van der Waals surface area contributed by atoms with E-state index in [1.54, 1.807) is 0 Å². The lowest BCUT2D eigenvalue weighted by molar-refractivity contribution is -0.385. The summed E-state index contributed by atoms with van der Waals surface area (Å²) in [6, 6.07) is 0. The first kappa shape index (κ1) is 46.5. The SMILES string of the molecule is O=C(O)[C@H]1O[C@H](O[C@H]2[C@H](OC[C@H]3O[C@@H](O)[C@@H](O[C@H]4O[C@H](CO)[C@@H](O)[C@H](O)[C@@H]4O)[C@@H](O)[C@@H]3O)O[C@H](CO)[C@H](O)[C@@H]2O)[C@H](O)[C@@H](O)[C@@H]1O[C@@H]1O[C@H](CO)[C@@H](O)[C@H](O)[C@@H]1O. The molecular formula is C30H50O27. The summed E-state index contributed by atoms with van der Waals surface area (Å²) in [5.74, 6) is -1.85. The van der Waals surface area contributed by atoms with Gasteiger partial charge in [0.25, 0.3) is 0 Å². The van der Waals surface area contributed by atoms with Crippen LogP contribution in [0.25, 0.3) is 0 Å². The van der Waals surface area contributed by atoms with Gasteiger partial charge in [-0.05, 0) is 0 Å². The van der Waals surface area contributed by atoms with E-state index in [1.165, 1.54) is 0 Å². The highest BCUT2D eigenvalue weighted by molar-refractivity contribution is 5.73. The summed E-state index contributed by atoms with van der Waals surface area (Å²) in [6.45, 7) is -3.51. The van der Waals surface area contributed by atoms with Gasteiger partial charge in [0.1, 0.15) is 116 Å². The Morgan fingerprint density at radius 1 is 0.404 bits per heavy atom. The molecule has 0 unspecified atom stereocenters. The molecule has 57 heavy (non-hydrogen) atoms. The molecule has 5 heterocycles. The van der Waals surface area contributed by atoms with Crippen molar-refractivity contribution >= 4 is 5.97 Å². The minimum atomic E-state index is -2.28. The summed E-state index contributed by atoms with van der Waals surface area (Å²) in [6.07, 6.45) is -48.7. The first-order valence-electron chi connectivity index (χ1n) is 17.6. The molecule has 5 aliphatic heterocycles.